The normalized spacial score (nSPS) is 16.4. The molecule has 1 aliphatic heterocycles. The lowest BCUT2D eigenvalue weighted by Gasteiger charge is -2.27. The van der Waals surface area contributed by atoms with Crippen molar-refractivity contribution >= 4 is 24.6 Å². The molecule has 1 heterocycles. The van der Waals surface area contributed by atoms with Crippen LogP contribution in [0, 0.1) is 11.8 Å². The van der Waals surface area contributed by atoms with Crippen molar-refractivity contribution in [3.05, 3.63) is 65.2 Å². The number of unbranched alkanes of at least 4 members (excludes halogenated alkanes) is 1. The van der Waals surface area contributed by atoms with Gasteiger partial charge in [-0.2, -0.15) is 0 Å². The summed E-state index contributed by atoms with van der Waals surface area (Å²) >= 11 is 0. The van der Waals surface area contributed by atoms with Gasteiger partial charge in [-0.15, -0.1) is 0 Å². The van der Waals surface area contributed by atoms with Gasteiger partial charge >= 0.3 is 6.09 Å². The molecule has 0 saturated carbocycles. The molecule has 1 fully saturated rings. The van der Waals surface area contributed by atoms with E-state index >= 15 is 0 Å². The van der Waals surface area contributed by atoms with Gasteiger partial charge < -0.3 is 14.3 Å². The number of aldehydes is 2. The number of amides is 2. The summed E-state index contributed by atoms with van der Waals surface area (Å²) < 4.78 is 10.9. The van der Waals surface area contributed by atoms with E-state index in [4.69, 9.17) is 9.47 Å². The van der Waals surface area contributed by atoms with Gasteiger partial charge in [0.15, 0.2) is 6.29 Å². The Kier molecular flexibility index (Phi) is 8.35. The van der Waals surface area contributed by atoms with Crippen molar-refractivity contribution < 1.29 is 28.7 Å². The summed E-state index contributed by atoms with van der Waals surface area (Å²) in [6.45, 7) is 4.33. The Morgan fingerprint density at radius 1 is 1.18 bits per heavy atom. The molecule has 0 aliphatic carbocycles. The summed E-state index contributed by atoms with van der Waals surface area (Å²) in [5.41, 5.74) is 2.08. The average Bonchev–Trinajstić information content (AvgIpc) is 3.21. The third-order valence-corrected chi connectivity index (χ3v) is 5.80. The lowest BCUT2D eigenvalue weighted by atomic mass is 9.87. The zero-order valence-electron chi connectivity index (χ0n) is 18.9. The first-order valence-corrected chi connectivity index (χ1v) is 11.2. The van der Waals surface area contributed by atoms with Gasteiger partial charge in [-0.25, -0.2) is 9.69 Å². The number of imide groups is 1. The Labute approximate surface area is 193 Å². The number of hydrogen-bond donors (Lipinski definition) is 0. The number of benzene rings is 2. The van der Waals surface area contributed by atoms with Crippen molar-refractivity contribution in [2.24, 2.45) is 11.8 Å². The molecule has 0 aromatic heterocycles. The van der Waals surface area contributed by atoms with Crippen LogP contribution >= 0.6 is 0 Å². The highest BCUT2D eigenvalue weighted by Crippen LogP contribution is 2.32. The van der Waals surface area contributed by atoms with E-state index in [0.717, 1.165) is 17.4 Å². The second kappa shape index (κ2) is 11.4. The van der Waals surface area contributed by atoms with E-state index in [-0.39, 0.29) is 18.4 Å². The molecule has 2 aromatic rings. The number of cyclic esters (lactones) is 1. The molecule has 0 spiro atoms. The average molecular weight is 452 g/mol. The van der Waals surface area contributed by atoms with Crippen molar-refractivity contribution in [1.29, 1.82) is 0 Å². The Bertz CT molecular complexity index is 988. The SMILES string of the molecule is CC(C)[C@@H](Cc1ccc(C=O)c(OCCCC=O)c1)C(=O)N1C(=O)OC[C@H]1c1ccccc1. The zero-order valence-corrected chi connectivity index (χ0v) is 18.9. The molecular formula is C26H29NO6. The summed E-state index contributed by atoms with van der Waals surface area (Å²) in [4.78, 5) is 49.2. The first kappa shape index (κ1) is 24.2. The van der Waals surface area contributed by atoms with E-state index in [2.05, 4.69) is 0 Å². The van der Waals surface area contributed by atoms with E-state index < -0.39 is 18.1 Å². The maximum atomic E-state index is 13.5. The van der Waals surface area contributed by atoms with Crippen LogP contribution in [0.3, 0.4) is 0 Å². The van der Waals surface area contributed by atoms with Gasteiger partial charge in [-0.05, 0) is 42.0 Å². The predicted octanol–water partition coefficient (Wildman–Crippen LogP) is 4.39. The molecule has 0 radical (unpaired) electrons. The minimum absolute atomic E-state index is 0.0370. The summed E-state index contributed by atoms with van der Waals surface area (Å²) in [6, 6.07) is 14.1. The van der Waals surface area contributed by atoms with Crippen LogP contribution in [-0.2, 0) is 20.7 Å². The highest BCUT2D eigenvalue weighted by atomic mass is 16.6. The van der Waals surface area contributed by atoms with Gasteiger partial charge in [0.2, 0.25) is 5.91 Å². The van der Waals surface area contributed by atoms with E-state index in [0.29, 0.717) is 43.5 Å². The molecule has 3 rings (SSSR count). The van der Waals surface area contributed by atoms with Gasteiger partial charge in [0.25, 0.3) is 0 Å². The Balaban J connectivity index is 1.81. The van der Waals surface area contributed by atoms with Crippen LogP contribution in [0.4, 0.5) is 4.79 Å². The Morgan fingerprint density at radius 2 is 1.94 bits per heavy atom. The Morgan fingerprint density at radius 3 is 2.61 bits per heavy atom. The van der Waals surface area contributed by atoms with Crippen LogP contribution in [0.2, 0.25) is 0 Å². The van der Waals surface area contributed by atoms with Crippen molar-refractivity contribution in [3.8, 4) is 5.75 Å². The molecular weight excluding hydrogens is 422 g/mol. The van der Waals surface area contributed by atoms with Gasteiger partial charge in [0.05, 0.1) is 12.2 Å². The minimum atomic E-state index is -0.630. The van der Waals surface area contributed by atoms with Gasteiger partial charge in [0.1, 0.15) is 24.7 Å². The summed E-state index contributed by atoms with van der Waals surface area (Å²) in [5.74, 6) is -0.364. The van der Waals surface area contributed by atoms with E-state index in [1.165, 1.54) is 4.90 Å². The number of ether oxygens (including phenoxy) is 2. The largest absolute Gasteiger partial charge is 0.493 e. The molecule has 33 heavy (non-hydrogen) atoms. The molecule has 1 saturated heterocycles. The fraction of sp³-hybridized carbons (Fsp3) is 0.385. The maximum Gasteiger partial charge on any atom is 0.417 e. The van der Waals surface area contributed by atoms with Gasteiger partial charge in [-0.1, -0.05) is 50.2 Å². The fourth-order valence-electron chi connectivity index (χ4n) is 3.90. The van der Waals surface area contributed by atoms with Crippen molar-refractivity contribution in [2.45, 2.75) is 39.2 Å². The van der Waals surface area contributed by atoms with Crippen LogP contribution in [-0.4, -0.2) is 42.7 Å². The van der Waals surface area contributed by atoms with E-state index in [9.17, 15) is 19.2 Å². The highest BCUT2D eigenvalue weighted by molar-refractivity contribution is 5.95. The number of rotatable bonds is 11. The molecule has 0 bridgehead atoms. The van der Waals surface area contributed by atoms with Gasteiger partial charge in [0, 0.05) is 12.3 Å². The first-order valence-electron chi connectivity index (χ1n) is 11.2. The first-order chi connectivity index (χ1) is 16.0. The summed E-state index contributed by atoms with van der Waals surface area (Å²) in [5, 5.41) is 0. The molecule has 7 nitrogen and oxygen atoms in total. The van der Waals surface area contributed by atoms with Crippen LogP contribution in [0.5, 0.6) is 5.75 Å². The molecule has 0 N–H and O–H groups in total. The fourth-order valence-corrected chi connectivity index (χ4v) is 3.90. The molecule has 2 atom stereocenters. The van der Waals surface area contributed by atoms with E-state index in [1.54, 1.807) is 18.2 Å². The minimum Gasteiger partial charge on any atom is -0.493 e. The molecule has 0 unspecified atom stereocenters. The lowest BCUT2D eigenvalue weighted by molar-refractivity contribution is -0.135. The molecule has 2 amide bonds. The zero-order chi connectivity index (χ0) is 23.8. The number of nitrogens with zero attached hydrogens (tertiary/aromatic N) is 1. The standard InChI is InChI=1S/C26H29NO6/c1-18(2)22(14-19-10-11-21(16-29)24(15-19)32-13-7-6-12-28)25(30)27-23(17-33-26(27)31)20-8-4-3-5-9-20/h3-5,8-12,15-16,18,22-23H,6-7,13-14,17H2,1-2H3/t22-,23+/m1/s1. The van der Waals surface area contributed by atoms with Crippen LogP contribution < -0.4 is 4.74 Å². The monoisotopic (exact) mass is 451 g/mol. The topological polar surface area (TPSA) is 90.0 Å². The quantitative estimate of drug-likeness (QED) is 0.372. The second-order valence-corrected chi connectivity index (χ2v) is 8.41. The van der Waals surface area contributed by atoms with Crippen molar-refractivity contribution in [3.63, 3.8) is 0 Å². The highest BCUT2D eigenvalue weighted by Gasteiger charge is 2.42. The van der Waals surface area contributed by atoms with Crippen LogP contribution in [0.1, 0.15) is 54.2 Å². The third kappa shape index (κ3) is 5.86. The summed E-state index contributed by atoms with van der Waals surface area (Å²) in [6.07, 6.45) is 2.23. The Hall–Kier alpha value is -3.48. The number of hydrogen-bond acceptors (Lipinski definition) is 6. The summed E-state index contributed by atoms with van der Waals surface area (Å²) in [7, 11) is 0. The maximum absolute atomic E-state index is 13.5. The van der Waals surface area contributed by atoms with Crippen molar-refractivity contribution in [1.82, 2.24) is 4.90 Å². The second-order valence-electron chi connectivity index (χ2n) is 8.41. The molecule has 7 heteroatoms. The van der Waals surface area contributed by atoms with Gasteiger partial charge in [-0.3, -0.25) is 9.59 Å². The predicted molar refractivity (Wildman–Crippen MR) is 122 cm³/mol. The smallest absolute Gasteiger partial charge is 0.417 e. The van der Waals surface area contributed by atoms with Crippen molar-refractivity contribution in [2.75, 3.05) is 13.2 Å². The van der Waals surface area contributed by atoms with Crippen LogP contribution in [0.15, 0.2) is 48.5 Å². The molecule has 1 aliphatic rings. The molecule has 2 aromatic carbocycles. The lowest BCUT2D eigenvalue weighted by Crippen LogP contribution is -2.41. The third-order valence-electron chi connectivity index (χ3n) is 5.80. The van der Waals surface area contributed by atoms with E-state index in [1.807, 2.05) is 44.2 Å². The number of carbonyl (C=O) groups excluding carboxylic acids is 4. The number of carbonyl (C=O) groups is 4. The molecule has 174 valence electrons. The van der Waals surface area contributed by atoms with Crippen LogP contribution in [0.25, 0.3) is 0 Å².